The fourth-order valence-electron chi connectivity index (χ4n) is 2.86. The van der Waals surface area contributed by atoms with Gasteiger partial charge in [0.05, 0.1) is 12.7 Å². The van der Waals surface area contributed by atoms with Gasteiger partial charge < -0.3 is 10.5 Å². The summed E-state index contributed by atoms with van der Waals surface area (Å²) in [6.45, 7) is 2.04. The molecule has 0 fully saturated rings. The van der Waals surface area contributed by atoms with Gasteiger partial charge in [0.15, 0.2) is 5.82 Å². The fraction of sp³-hybridized carbons (Fsp3) is 0.412. The molecule has 1 heterocycles. The number of aromatic nitrogens is 2. The van der Waals surface area contributed by atoms with E-state index in [1.807, 2.05) is 25.3 Å². The number of aryl methyl sites for hydroxylation is 2. The first-order valence-electron chi connectivity index (χ1n) is 7.45. The van der Waals surface area contributed by atoms with Crippen molar-refractivity contribution in [3.63, 3.8) is 0 Å². The molecular weight excluding hydrogens is 262 g/mol. The number of benzene rings is 1. The van der Waals surface area contributed by atoms with Crippen LogP contribution in [-0.2, 0) is 6.42 Å². The third-order valence-corrected chi connectivity index (χ3v) is 4.08. The van der Waals surface area contributed by atoms with Crippen LogP contribution in [-0.4, -0.2) is 17.1 Å². The lowest BCUT2D eigenvalue weighted by molar-refractivity contribution is 0.416. The maximum atomic E-state index is 6.21. The summed E-state index contributed by atoms with van der Waals surface area (Å²) in [5.41, 5.74) is 10.5. The number of methoxy groups -OCH3 is 1. The van der Waals surface area contributed by atoms with Crippen molar-refractivity contribution in [3.05, 3.63) is 41.2 Å². The Morgan fingerprint density at radius 2 is 2.14 bits per heavy atom. The lowest BCUT2D eigenvalue weighted by atomic mass is 10.1. The molecule has 0 amide bonds. The number of nitrogens with zero attached hydrogens (tertiary/aromatic N) is 2. The second kappa shape index (κ2) is 5.82. The Bertz CT molecular complexity index is 654. The van der Waals surface area contributed by atoms with Crippen LogP contribution in [0, 0.1) is 6.92 Å². The van der Waals surface area contributed by atoms with E-state index in [0.29, 0.717) is 0 Å². The maximum Gasteiger partial charge on any atom is 0.163 e. The Hall–Kier alpha value is -1.94. The smallest absolute Gasteiger partial charge is 0.163 e. The minimum absolute atomic E-state index is 0.0662. The summed E-state index contributed by atoms with van der Waals surface area (Å²) in [7, 11) is 1.68. The third-order valence-electron chi connectivity index (χ3n) is 4.08. The molecule has 0 saturated heterocycles. The van der Waals surface area contributed by atoms with Crippen molar-refractivity contribution in [1.29, 1.82) is 0 Å². The first-order valence-corrected chi connectivity index (χ1v) is 7.45. The number of rotatable bonds is 2. The van der Waals surface area contributed by atoms with Crippen LogP contribution in [0.5, 0.6) is 5.75 Å². The van der Waals surface area contributed by atoms with E-state index in [2.05, 4.69) is 11.1 Å². The molecule has 110 valence electrons. The van der Waals surface area contributed by atoms with E-state index >= 15 is 0 Å². The molecule has 1 aliphatic carbocycles. The third kappa shape index (κ3) is 2.76. The fourth-order valence-corrected chi connectivity index (χ4v) is 2.86. The van der Waals surface area contributed by atoms with Gasteiger partial charge in [-0.3, -0.25) is 0 Å². The van der Waals surface area contributed by atoms with Gasteiger partial charge in [0.2, 0.25) is 0 Å². The Morgan fingerprint density at radius 3 is 2.95 bits per heavy atom. The van der Waals surface area contributed by atoms with Gasteiger partial charge in [0.25, 0.3) is 0 Å². The van der Waals surface area contributed by atoms with Gasteiger partial charge in [-0.25, -0.2) is 9.97 Å². The zero-order valence-corrected chi connectivity index (χ0v) is 12.6. The maximum absolute atomic E-state index is 6.21. The molecule has 3 rings (SSSR count). The van der Waals surface area contributed by atoms with Crippen LogP contribution in [0.1, 0.15) is 42.1 Å². The Kier molecular flexibility index (Phi) is 3.88. The van der Waals surface area contributed by atoms with Crippen molar-refractivity contribution in [2.45, 2.75) is 38.6 Å². The monoisotopic (exact) mass is 283 g/mol. The molecule has 0 saturated carbocycles. The Labute approximate surface area is 125 Å². The highest BCUT2D eigenvalue weighted by molar-refractivity contribution is 5.65. The number of ether oxygens (including phenoxy) is 1. The Balaban J connectivity index is 2.06. The second-order valence-corrected chi connectivity index (χ2v) is 5.65. The largest absolute Gasteiger partial charge is 0.496 e. The standard InChI is InChI=1S/C17H21N3O/c1-11-7-8-12(16(9-11)21-2)17-19-10-13-14(18)5-3-4-6-15(13)20-17/h7-10,14H,3-6,18H2,1-2H3. The summed E-state index contributed by atoms with van der Waals surface area (Å²) < 4.78 is 5.47. The van der Waals surface area contributed by atoms with Crippen molar-refractivity contribution < 1.29 is 4.74 Å². The highest BCUT2D eigenvalue weighted by Crippen LogP contribution is 2.31. The molecule has 1 aliphatic rings. The van der Waals surface area contributed by atoms with Gasteiger partial charge in [-0.15, -0.1) is 0 Å². The average molecular weight is 283 g/mol. The number of fused-ring (bicyclic) bond motifs is 1. The van der Waals surface area contributed by atoms with Crippen molar-refractivity contribution >= 4 is 0 Å². The molecule has 2 N–H and O–H groups in total. The topological polar surface area (TPSA) is 61.0 Å². The quantitative estimate of drug-likeness (QED) is 0.860. The molecule has 0 spiro atoms. The normalized spacial score (nSPS) is 18.0. The van der Waals surface area contributed by atoms with E-state index in [9.17, 15) is 0 Å². The summed E-state index contributed by atoms with van der Waals surface area (Å²) in [4.78, 5) is 9.28. The number of nitrogens with two attached hydrogens (primary N) is 1. The van der Waals surface area contributed by atoms with Crippen LogP contribution in [0.25, 0.3) is 11.4 Å². The van der Waals surface area contributed by atoms with Crippen molar-refractivity contribution in [2.75, 3.05) is 7.11 Å². The van der Waals surface area contributed by atoms with Crippen LogP contribution in [0.4, 0.5) is 0 Å². The highest BCUT2D eigenvalue weighted by atomic mass is 16.5. The van der Waals surface area contributed by atoms with E-state index < -0.39 is 0 Å². The first kappa shape index (κ1) is 14.0. The lowest BCUT2D eigenvalue weighted by Gasteiger charge is -2.13. The van der Waals surface area contributed by atoms with Gasteiger partial charge in [-0.2, -0.15) is 0 Å². The predicted molar refractivity (Wildman–Crippen MR) is 83.2 cm³/mol. The SMILES string of the molecule is COc1cc(C)ccc1-c1ncc2c(n1)CCCCC2N. The highest BCUT2D eigenvalue weighted by Gasteiger charge is 2.19. The average Bonchev–Trinajstić information content (AvgIpc) is 2.68. The van der Waals surface area contributed by atoms with Crippen LogP contribution >= 0.6 is 0 Å². The minimum atomic E-state index is 0.0662. The predicted octanol–water partition coefficient (Wildman–Crippen LogP) is 3.19. The summed E-state index contributed by atoms with van der Waals surface area (Å²) in [6, 6.07) is 6.15. The number of hydrogen-bond acceptors (Lipinski definition) is 4. The van der Waals surface area contributed by atoms with Gasteiger partial charge >= 0.3 is 0 Å². The summed E-state index contributed by atoms with van der Waals surface area (Å²) in [5.74, 6) is 1.53. The van der Waals surface area contributed by atoms with E-state index in [0.717, 1.165) is 59.6 Å². The molecule has 0 aliphatic heterocycles. The van der Waals surface area contributed by atoms with Gasteiger partial charge in [0.1, 0.15) is 5.75 Å². The van der Waals surface area contributed by atoms with Crippen molar-refractivity contribution in [3.8, 4) is 17.1 Å². The lowest BCUT2D eigenvalue weighted by Crippen LogP contribution is -2.12. The summed E-state index contributed by atoms with van der Waals surface area (Å²) in [6.07, 6.45) is 6.19. The molecule has 21 heavy (non-hydrogen) atoms. The molecule has 1 unspecified atom stereocenters. The van der Waals surface area contributed by atoms with E-state index in [-0.39, 0.29) is 6.04 Å². The summed E-state index contributed by atoms with van der Waals surface area (Å²) >= 11 is 0. The molecule has 0 radical (unpaired) electrons. The molecule has 4 nitrogen and oxygen atoms in total. The number of hydrogen-bond donors (Lipinski definition) is 1. The minimum Gasteiger partial charge on any atom is -0.496 e. The molecule has 1 atom stereocenters. The van der Waals surface area contributed by atoms with E-state index in [1.165, 1.54) is 0 Å². The molecule has 0 bridgehead atoms. The molecule has 1 aromatic heterocycles. The molecule has 1 aromatic carbocycles. The molecule has 2 aromatic rings. The zero-order chi connectivity index (χ0) is 14.8. The first-order chi connectivity index (χ1) is 10.2. The molecule has 4 heteroatoms. The van der Waals surface area contributed by atoms with Gasteiger partial charge in [-0.1, -0.05) is 12.5 Å². The van der Waals surface area contributed by atoms with Crippen LogP contribution in [0.15, 0.2) is 24.4 Å². The Morgan fingerprint density at radius 1 is 1.29 bits per heavy atom. The van der Waals surface area contributed by atoms with Crippen molar-refractivity contribution in [1.82, 2.24) is 9.97 Å². The van der Waals surface area contributed by atoms with Gasteiger partial charge in [0, 0.05) is 23.5 Å². The van der Waals surface area contributed by atoms with Crippen LogP contribution in [0.3, 0.4) is 0 Å². The van der Waals surface area contributed by atoms with E-state index in [1.54, 1.807) is 7.11 Å². The molecular formula is C17H21N3O. The zero-order valence-electron chi connectivity index (χ0n) is 12.6. The van der Waals surface area contributed by atoms with E-state index in [4.69, 9.17) is 15.5 Å². The summed E-state index contributed by atoms with van der Waals surface area (Å²) in [5, 5.41) is 0. The van der Waals surface area contributed by atoms with Gasteiger partial charge in [-0.05, 0) is 43.9 Å². The van der Waals surface area contributed by atoms with Crippen LogP contribution < -0.4 is 10.5 Å². The van der Waals surface area contributed by atoms with Crippen molar-refractivity contribution in [2.24, 2.45) is 5.73 Å². The second-order valence-electron chi connectivity index (χ2n) is 5.65. The van der Waals surface area contributed by atoms with Crippen LogP contribution in [0.2, 0.25) is 0 Å².